The van der Waals surface area contributed by atoms with Gasteiger partial charge < -0.3 is 5.32 Å². The lowest BCUT2D eigenvalue weighted by Crippen LogP contribution is -2.07. The van der Waals surface area contributed by atoms with Gasteiger partial charge in [-0.25, -0.2) is 0 Å². The van der Waals surface area contributed by atoms with Crippen molar-refractivity contribution in [3.8, 4) is 0 Å². The van der Waals surface area contributed by atoms with Gasteiger partial charge in [-0.15, -0.1) is 0 Å². The van der Waals surface area contributed by atoms with Gasteiger partial charge in [0.25, 0.3) is 0 Å². The molecule has 0 aliphatic heterocycles. The molecule has 7 heteroatoms. The largest absolute Gasteiger partial charge is 0.416 e. The van der Waals surface area contributed by atoms with Gasteiger partial charge in [-0.05, 0) is 40.2 Å². The number of alkyl halides is 3. The minimum atomic E-state index is -4.34. The lowest BCUT2D eigenvalue weighted by atomic mass is 10.2. The lowest BCUT2D eigenvalue weighted by molar-refractivity contribution is -0.137. The molecular weight excluding hydrogens is 311 g/mol. The summed E-state index contributed by atoms with van der Waals surface area (Å²) < 4.78 is 38.2. The molecule has 0 amide bonds. The van der Waals surface area contributed by atoms with E-state index in [1.807, 2.05) is 0 Å². The fourth-order valence-corrected chi connectivity index (χ4v) is 1.80. The number of hydrogen-bond donors (Lipinski definition) is 2. The standard InChI is InChI=1S/C11H9BrF3N3/c12-9-2-1-7(11(13,14)15)5-10(9)16-6-8-3-4-17-18-8/h1-5,16H,6H2,(H,17,18). The Morgan fingerprint density at radius 1 is 1.28 bits per heavy atom. The number of H-pyrrole nitrogens is 1. The third kappa shape index (κ3) is 3.04. The SMILES string of the molecule is FC(F)(F)c1ccc(Br)c(NCc2ccn[nH]2)c1. The zero-order valence-electron chi connectivity index (χ0n) is 9.05. The van der Waals surface area contributed by atoms with E-state index in [2.05, 4.69) is 31.4 Å². The van der Waals surface area contributed by atoms with E-state index in [4.69, 9.17) is 0 Å². The Labute approximate surface area is 110 Å². The summed E-state index contributed by atoms with van der Waals surface area (Å²) in [5.41, 5.74) is 0.497. The highest BCUT2D eigenvalue weighted by atomic mass is 79.9. The van der Waals surface area contributed by atoms with E-state index >= 15 is 0 Å². The van der Waals surface area contributed by atoms with Crippen LogP contribution < -0.4 is 5.32 Å². The molecule has 0 spiro atoms. The summed E-state index contributed by atoms with van der Waals surface area (Å²) in [6.45, 7) is 0.375. The second-order valence-corrected chi connectivity index (χ2v) is 4.48. The molecule has 0 saturated heterocycles. The fraction of sp³-hybridized carbons (Fsp3) is 0.182. The van der Waals surface area contributed by atoms with Crippen molar-refractivity contribution in [2.24, 2.45) is 0 Å². The topological polar surface area (TPSA) is 40.7 Å². The highest BCUT2D eigenvalue weighted by molar-refractivity contribution is 9.10. The molecule has 1 aromatic carbocycles. The molecular formula is C11H9BrF3N3. The average molecular weight is 320 g/mol. The molecule has 96 valence electrons. The number of rotatable bonds is 3. The van der Waals surface area contributed by atoms with Crippen LogP contribution in [0.4, 0.5) is 18.9 Å². The molecule has 3 nitrogen and oxygen atoms in total. The number of nitrogens with zero attached hydrogens (tertiary/aromatic N) is 1. The number of hydrogen-bond acceptors (Lipinski definition) is 2. The van der Waals surface area contributed by atoms with Gasteiger partial charge in [-0.1, -0.05) is 0 Å². The number of aromatic nitrogens is 2. The molecule has 2 N–H and O–H groups in total. The summed E-state index contributed by atoms with van der Waals surface area (Å²) in [5, 5.41) is 9.39. The second kappa shape index (κ2) is 5.01. The van der Waals surface area contributed by atoms with E-state index in [0.717, 1.165) is 17.8 Å². The first-order chi connectivity index (χ1) is 8.47. The van der Waals surface area contributed by atoms with Crippen LogP contribution in [-0.4, -0.2) is 10.2 Å². The molecule has 1 heterocycles. The van der Waals surface area contributed by atoms with Crippen LogP contribution in [0.3, 0.4) is 0 Å². The van der Waals surface area contributed by atoms with Crippen molar-refractivity contribution in [3.63, 3.8) is 0 Å². The molecule has 0 fully saturated rings. The molecule has 0 bridgehead atoms. The number of benzene rings is 1. The minimum absolute atomic E-state index is 0.375. The third-order valence-electron chi connectivity index (χ3n) is 2.32. The Morgan fingerprint density at radius 3 is 2.67 bits per heavy atom. The predicted octanol–water partition coefficient (Wildman–Crippen LogP) is 3.80. The molecule has 2 aromatic rings. The van der Waals surface area contributed by atoms with Crippen LogP contribution in [-0.2, 0) is 12.7 Å². The molecule has 0 unspecified atom stereocenters. The third-order valence-corrected chi connectivity index (χ3v) is 3.01. The Balaban J connectivity index is 2.16. The Kier molecular flexibility index (Phi) is 3.60. The van der Waals surface area contributed by atoms with Gasteiger partial charge in [-0.3, -0.25) is 5.10 Å². The molecule has 0 saturated carbocycles. The van der Waals surface area contributed by atoms with Crippen LogP contribution in [0.2, 0.25) is 0 Å². The smallest absolute Gasteiger partial charge is 0.378 e. The highest BCUT2D eigenvalue weighted by Gasteiger charge is 2.30. The van der Waals surface area contributed by atoms with E-state index in [1.54, 1.807) is 12.3 Å². The number of anilines is 1. The van der Waals surface area contributed by atoms with Gasteiger partial charge in [0.15, 0.2) is 0 Å². The molecule has 0 aliphatic rings. The van der Waals surface area contributed by atoms with Crippen molar-refractivity contribution >= 4 is 21.6 Å². The van der Waals surface area contributed by atoms with Crippen LogP contribution in [0, 0.1) is 0 Å². The second-order valence-electron chi connectivity index (χ2n) is 3.63. The van der Waals surface area contributed by atoms with Crippen LogP contribution in [0.1, 0.15) is 11.3 Å². The predicted molar refractivity (Wildman–Crippen MR) is 65.1 cm³/mol. The number of nitrogens with one attached hydrogen (secondary N) is 2. The molecule has 1 aromatic heterocycles. The maximum atomic E-state index is 12.6. The summed E-state index contributed by atoms with van der Waals surface area (Å²) in [5.74, 6) is 0. The van der Waals surface area contributed by atoms with Gasteiger partial charge in [0.1, 0.15) is 0 Å². The van der Waals surface area contributed by atoms with Crippen LogP contribution >= 0.6 is 15.9 Å². The van der Waals surface area contributed by atoms with Crippen molar-refractivity contribution in [1.82, 2.24) is 10.2 Å². The normalized spacial score (nSPS) is 11.6. The molecule has 0 atom stereocenters. The average Bonchev–Trinajstić information content (AvgIpc) is 2.79. The maximum Gasteiger partial charge on any atom is 0.416 e. The van der Waals surface area contributed by atoms with E-state index in [0.29, 0.717) is 16.7 Å². The summed E-state index contributed by atoms with van der Waals surface area (Å²) in [6, 6.07) is 5.22. The molecule has 0 aliphatic carbocycles. The van der Waals surface area contributed by atoms with Crippen LogP contribution in [0.5, 0.6) is 0 Å². The van der Waals surface area contributed by atoms with Crippen molar-refractivity contribution in [1.29, 1.82) is 0 Å². The van der Waals surface area contributed by atoms with Gasteiger partial charge in [0.05, 0.1) is 17.8 Å². The molecule has 18 heavy (non-hydrogen) atoms. The first kappa shape index (κ1) is 12.9. The Bertz CT molecular complexity index is 523. The summed E-state index contributed by atoms with van der Waals surface area (Å²) in [6.07, 6.45) is -2.76. The van der Waals surface area contributed by atoms with Gasteiger partial charge in [-0.2, -0.15) is 18.3 Å². The number of aromatic amines is 1. The van der Waals surface area contributed by atoms with E-state index < -0.39 is 11.7 Å². The summed E-state index contributed by atoms with van der Waals surface area (Å²) >= 11 is 3.21. The molecule has 0 radical (unpaired) electrons. The van der Waals surface area contributed by atoms with Crippen LogP contribution in [0.25, 0.3) is 0 Å². The van der Waals surface area contributed by atoms with Crippen molar-refractivity contribution in [2.45, 2.75) is 12.7 Å². The monoisotopic (exact) mass is 319 g/mol. The van der Waals surface area contributed by atoms with Crippen LogP contribution in [0.15, 0.2) is 34.9 Å². The van der Waals surface area contributed by atoms with Gasteiger partial charge in [0, 0.05) is 16.4 Å². The van der Waals surface area contributed by atoms with Gasteiger partial charge in [0.2, 0.25) is 0 Å². The Morgan fingerprint density at radius 2 is 2.06 bits per heavy atom. The minimum Gasteiger partial charge on any atom is -0.378 e. The van der Waals surface area contributed by atoms with Crippen molar-refractivity contribution < 1.29 is 13.2 Å². The first-order valence-electron chi connectivity index (χ1n) is 5.05. The maximum absolute atomic E-state index is 12.6. The Hall–Kier alpha value is -1.50. The van der Waals surface area contributed by atoms with E-state index in [-0.39, 0.29) is 0 Å². The highest BCUT2D eigenvalue weighted by Crippen LogP contribution is 2.34. The van der Waals surface area contributed by atoms with Crippen molar-refractivity contribution in [2.75, 3.05) is 5.32 Å². The van der Waals surface area contributed by atoms with E-state index in [1.165, 1.54) is 6.07 Å². The van der Waals surface area contributed by atoms with Gasteiger partial charge >= 0.3 is 6.18 Å². The van der Waals surface area contributed by atoms with E-state index in [9.17, 15) is 13.2 Å². The zero-order valence-corrected chi connectivity index (χ0v) is 10.6. The quantitative estimate of drug-likeness (QED) is 0.903. The summed E-state index contributed by atoms with van der Waals surface area (Å²) in [4.78, 5) is 0. The number of halogens is 4. The first-order valence-corrected chi connectivity index (χ1v) is 5.85. The zero-order chi connectivity index (χ0) is 13.2. The lowest BCUT2D eigenvalue weighted by Gasteiger charge is -2.12. The fourth-order valence-electron chi connectivity index (χ4n) is 1.41. The molecule has 2 rings (SSSR count). The summed E-state index contributed by atoms with van der Waals surface area (Å²) in [7, 11) is 0. The van der Waals surface area contributed by atoms with Crippen molar-refractivity contribution in [3.05, 3.63) is 46.2 Å².